The van der Waals surface area contributed by atoms with E-state index in [0.717, 1.165) is 12.5 Å². The normalized spacial score (nSPS) is 24.8. The molecule has 0 aromatic carbocycles. The van der Waals surface area contributed by atoms with Gasteiger partial charge >= 0.3 is 0 Å². The van der Waals surface area contributed by atoms with Gasteiger partial charge in [-0.1, -0.05) is 26.7 Å². The number of hydrogen-bond donors (Lipinski definition) is 0. The zero-order valence-corrected chi connectivity index (χ0v) is 8.51. The molecule has 0 amide bonds. The molecule has 0 spiro atoms. The van der Waals surface area contributed by atoms with Crippen molar-refractivity contribution in [2.24, 2.45) is 5.92 Å². The Kier molecular flexibility index (Phi) is 4.67. The molecule has 0 radical (unpaired) electrons. The second kappa shape index (κ2) is 5.58. The van der Waals surface area contributed by atoms with Crippen molar-refractivity contribution in [1.29, 1.82) is 0 Å². The molecule has 72 valence electrons. The first kappa shape index (κ1) is 10.0. The van der Waals surface area contributed by atoms with Crippen LogP contribution in [0.2, 0.25) is 0 Å². The van der Waals surface area contributed by atoms with Gasteiger partial charge in [-0.15, -0.1) is 0 Å². The van der Waals surface area contributed by atoms with Crippen LogP contribution in [0.3, 0.4) is 0 Å². The predicted octanol–water partition coefficient (Wildman–Crippen LogP) is 3.38. The number of hydrogen-bond acceptors (Lipinski definition) is 1. The smallest absolute Gasteiger partial charge is 0.0577 e. The minimum Gasteiger partial charge on any atom is -0.378 e. The van der Waals surface area contributed by atoms with Gasteiger partial charge in [-0.25, -0.2) is 0 Å². The van der Waals surface area contributed by atoms with E-state index in [1.165, 1.54) is 38.5 Å². The summed E-state index contributed by atoms with van der Waals surface area (Å²) in [7, 11) is 0. The van der Waals surface area contributed by atoms with Gasteiger partial charge in [0.25, 0.3) is 0 Å². The van der Waals surface area contributed by atoms with Crippen LogP contribution in [0.25, 0.3) is 0 Å². The monoisotopic (exact) mass is 170 g/mol. The molecule has 0 saturated carbocycles. The van der Waals surface area contributed by atoms with Crippen LogP contribution in [-0.2, 0) is 4.74 Å². The molecule has 0 bridgehead atoms. The van der Waals surface area contributed by atoms with Crippen LogP contribution < -0.4 is 0 Å². The Hall–Kier alpha value is -0.0400. The Morgan fingerprint density at radius 2 is 2.00 bits per heavy atom. The predicted molar refractivity (Wildman–Crippen MR) is 52.3 cm³/mol. The summed E-state index contributed by atoms with van der Waals surface area (Å²) in [6.45, 7) is 5.58. The lowest BCUT2D eigenvalue weighted by Crippen LogP contribution is -2.21. The highest BCUT2D eigenvalue weighted by Gasteiger charge is 2.17. The highest BCUT2D eigenvalue weighted by Crippen LogP contribution is 2.23. The molecule has 0 aliphatic carbocycles. The van der Waals surface area contributed by atoms with Gasteiger partial charge in [-0.2, -0.15) is 0 Å². The topological polar surface area (TPSA) is 9.23 Å². The van der Waals surface area contributed by atoms with Gasteiger partial charge in [0, 0.05) is 6.61 Å². The van der Waals surface area contributed by atoms with Gasteiger partial charge in [-0.05, 0) is 31.6 Å². The molecular weight excluding hydrogens is 148 g/mol. The molecule has 0 N–H and O–H groups in total. The second-order valence-electron chi connectivity index (χ2n) is 3.91. The molecule has 0 aromatic rings. The van der Waals surface area contributed by atoms with Crippen LogP contribution in [-0.4, -0.2) is 12.7 Å². The summed E-state index contributed by atoms with van der Waals surface area (Å²) in [5, 5.41) is 0. The number of ether oxygens (including phenoxy) is 1. The largest absolute Gasteiger partial charge is 0.378 e. The van der Waals surface area contributed by atoms with Gasteiger partial charge in [0.2, 0.25) is 0 Å². The van der Waals surface area contributed by atoms with Crippen LogP contribution in [0.5, 0.6) is 0 Å². The lowest BCUT2D eigenvalue weighted by molar-refractivity contribution is 0.000801. The summed E-state index contributed by atoms with van der Waals surface area (Å²) in [5.41, 5.74) is 0. The summed E-state index contributed by atoms with van der Waals surface area (Å²) in [6.07, 6.45) is 8.48. The molecule has 1 atom stereocenters. The molecule has 1 aliphatic rings. The van der Waals surface area contributed by atoms with E-state index in [1.807, 2.05) is 0 Å². The van der Waals surface area contributed by atoms with Crippen molar-refractivity contribution < 1.29 is 4.74 Å². The number of rotatable bonds is 4. The summed E-state index contributed by atoms with van der Waals surface area (Å²) < 4.78 is 5.71. The van der Waals surface area contributed by atoms with Gasteiger partial charge in [-0.3, -0.25) is 0 Å². The second-order valence-corrected chi connectivity index (χ2v) is 3.91. The minimum atomic E-state index is 0.587. The lowest BCUT2D eigenvalue weighted by atomic mass is 9.93. The van der Waals surface area contributed by atoms with Crippen molar-refractivity contribution in [2.45, 2.75) is 58.5 Å². The molecule has 1 saturated heterocycles. The average molecular weight is 170 g/mol. The fourth-order valence-electron chi connectivity index (χ4n) is 1.99. The van der Waals surface area contributed by atoms with Gasteiger partial charge in [0.1, 0.15) is 0 Å². The van der Waals surface area contributed by atoms with Gasteiger partial charge in [0.05, 0.1) is 6.10 Å². The maximum atomic E-state index is 5.71. The summed E-state index contributed by atoms with van der Waals surface area (Å²) in [5.74, 6) is 0.896. The zero-order chi connectivity index (χ0) is 8.81. The lowest BCUT2D eigenvalue weighted by Gasteiger charge is -2.25. The van der Waals surface area contributed by atoms with Crippen LogP contribution in [0, 0.1) is 5.92 Å². The third-order valence-electron chi connectivity index (χ3n) is 3.02. The van der Waals surface area contributed by atoms with Crippen molar-refractivity contribution in [1.82, 2.24) is 0 Å². The Balaban J connectivity index is 2.18. The molecule has 1 nitrogen and oxygen atoms in total. The van der Waals surface area contributed by atoms with Crippen LogP contribution in [0.1, 0.15) is 52.4 Å². The van der Waals surface area contributed by atoms with E-state index < -0.39 is 0 Å². The van der Waals surface area contributed by atoms with Crippen molar-refractivity contribution in [3.63, 3.8) is 0 Å². The molecule has 1 unspecified atom stereocenters. The Labute approximate surface area is 76.5 Å². The molecule has 1 rings (SSSR count). The quantitative estimate of drug-likeness (QED) is 0.628. The van der Waals surface area contributed by atoms with Crippen LogP contribution in [0.15, 0.2) is 0 Å². The van der Waals surface area contributed by atoms with E-state index in [9.17, 15) is 0 Å². The molecule has 1 heteroatoms. The third-order valence-corrected chi connectivity index (χ3v) is 3.02. The van der Waals surface area contributed by atoms with Crippen molar-refractivity contribution in [2.75, 3.05) is 6.61 Å². The maximum Gasteiger partial charge on any atom is 0.0577 e. The average Bonchev–Trinajstić information content (AvgIpc) is 2.16. The van der Waals surface area contributed by atoms with Crippen LogP contribution >= 0.6 is 0 Å². The SMILES string of the molecule is CCC(CC)CC1CCCCO1. The highest BCUT2D eigenvalue weighted by molar-refractivity contribution is 4.67. The van der Waals surface area contributed by atoms with E-state index in [0.29, 0.717) is 6.10 Å². The molecule has 1 aliphatic heterocycles. The van der Waals surface area contributed by atoms with E-state index in [-0.39, 0.29) is 0 Å². The third kappa shape index (κ3) is 3.14. The Morgan fingerprint density at radius 3 is 2.50 bits per heavy atom. The maximum absolute atomic E-state index is 5.71. The first-order valence-corrected chi connectivity index (χ1v) is 5.48. The molecule has 0 aromatic heterocycles. The molecular formula is C11H22O. The first-order chi connectivity index (χ1) is 5.86. The standard InChI is InChI=1S/C11H22O/c1-3-10(4-2)9-11-7-5-6-8-12-11/h10-11H,3-9H2,1-2H3. The van der Waals surface area contributed by atoms with Crippen LogP contribution in [0.4, 0.5) is 0 Å². The van der Waals surface area contributed by atoms with E-state index in [1.54, 1.807) is 0 Å². The Bertz CT molecular complexity index is 102. The molecule has 1 fully saturated rings. The van der Waals surface area contributed by atoms with E-state index in [4.69, 9.17) is 4.74 Å². The molecule has 1 heterocycles. The van der Waals surface area contributed by atoms with Crippen molar-refractivity contribution in [3.05, 3.63) is 0 Å². The fourth-order valence-corrected chi connectivity index (χ4v) is 1.99. The fraction of sp³-hybridized carbons (Fsp3) is 1.00. The van der Waals surface area contributed by atoms with E-state index in [2.05, 4.69) is 13.8 Å². The summed E-state index contributed by atoms with van der Waals surface area (Å²) in [6, 6.07) is 0. The summed E-state index contributed by atoms with van der Waals surface area (Å²) in [4.78, 5) is 0. The highest BCUT2D eigenvalue weighted by atomic mass is 16.5. The van der Waals surface area contributed by atoms with Crippen molar-refractivity contribution >= 4 is 0 Å². The zero-order valence-electron chi connectivity index (χ0n) is 8.51. The van der Waals surface area contributed by atoms with Gasteiger partial charge in [0.15, 0.2) is 0 Å². The Morgan fingerprint density at radius 1 is 1.25 bits per heavy atom. The molecule has 12 heavy (non-hydrogen) atoms. The summed E-state index contributed by atoms with van der Waals surface area (Å²) >= 11 is 0. The van der Waals surface area contributed by atoms with Crippen molar-refractivity contribution in [3.8, 4) is 0 Å². The minimum absolute atomic E-state index is 0.587. The van der Waals surface area contributed by atoms with Gasteiger partial charge < -0.3 is 4.74 Å². The van der Waals surface area contributed by atoms with E-state index >= 15 is 0 Å². The first-order valence-electron chi connectivity index (χ1n) is 5.48.